The van der Waals surface area contributed by atoms with Crippen molar-refractivity contribution >= 4 is 17.8 Å². The smallest absolute Gasteiger partial charge is 0.329 e. The largest absolute Gasteiger partial charge is 0.458 e. The summed E-state index contributed by atoms with van der Waals surface area (Å²) in [4.78, 5) is 37.8. The lowest BCUT2D eigenvalue weighted by molar-refractivity contribution is -0.160. The number of benzene rings is 1. The van der Waals surface area contributed by atoms with Crippen molar-refractivity contribution < 1.29 is 19.1 Å². The molecule has 0 spiro atoms. The Kier molecular flexibility index (Phi) is 5.12. The third kappa shape index (κ3) is 4.15. The van der Waals surface area contributed by atoms with Crippen LogP contribution < -0.4 is 5.73 Å². The van der Waals surface area contributed by atoms with Crippen LogP contribution in [0.2, 0.25) is 0 Å². The van der Waals surface area contributed by atoms with Gasteiger partial charge in [-0.15, -0.1) is 0 Å². The van der Waals surface area contributed by atoms with Crippen LogP contribution in [0, 0.1) is 11.3 Å². The summed E-state index contributed by atoms with van der Waals surface area (Å²) in [6, 6.07) is 6.00. The highest BCUT2D eigenvalue weighted by Crippen LogP contribution is 2.29. The van der Waals surface area contributed by atoms with Crippen LogP contribution >= 0.6 is 0 Å². The minimum Gasteiger partial charge on any atom is -0.458 e. The van der Waals surface area contributed by atoms with E-state index in [1.54, 1.807) is 39.0 Å². The van der Waals surface area contributed by atoms with Gasteiger partial charge in [0.15, 0.2) is 0 Å². The number of nitriles is 1. The van der Waals surface area contributed by atoms with Crippen molar-refractivity contribution in [1.82, 2.24) is 4.90 Å². The van der Waals surface area contributed by atoms with Gasteiger partial charge in [-0.2, -0.15) is 5.26 Å². The summed E-state index contributed by atoms with van der Waals surface area (Å²) in [5.74, 6) is -1.50. The Morgan fingerprint density at radius 3 is 2.64 bits per heavy atom. The molecule has 7 nitrogen and oxygen atoms in total. The molecule has 7 heteroatoms. The van der Waals surface area contributed by atoms with E-state index in [0.29, 0.717) is 16.7 Å². The number of hydrogen-bond acceptors (Lipinski definition) is 5. The number of nitrogens with two attached hydrogens (primary N) is 1. The van der Waals surface area contributed by atoms with Gasteiger partial charge in [-0.05, 0) is 39.3 Å². The van der Waals surface area contributed by atoms with E-state index in [0.717, 1.165) is 0 Å². The summed E-state index contributed by atoms with van der Waals surface area (Å²) in [6.45, 7) is 5.31. The van der Waals surface area contributed by atoms with Gasteiger partial charge in [0.1, 0.15) is 11.6 Å². The molecule has 0 bridgehead atoms. The van der Waals surface area contributed by atoms with Gasteiger partial charge < -0.3 is 15.4 Å². The fraction of sp³-hybridized carbons (Fsp3) is 0.444. The van der Waals surface area contributed by atoms with E-state index in [-0.39, 0.29) is 25.3 Å². The average Bonchev–Trinajstić information content (AvgIpc) is 2.83. The summed E-state index contributed by atoms with van der Waals surface area (Å²) in [7, 11) is 0. The Balaban J connectivity index is 2.32. The van der Waals surface area contributed by atoms with Crippen LogP contribution in [0.25, 0.3) is 0 Å². The Labute approximate surface area is 146 Å². The van der Waals surface area contributed by atoms with Crippen molar-refractivity contribution in [3.63, 3.8) is 0 Å². The minimum absolute atomic E-state index is 0.0465. The third-order valence-corrected chi connectivity index (χ3v) is 3.84. The molecule has 1 unspecified atom stereocenters. The van der Waals surface area contributed by atoms with Gasteiger partial charge in [0, 0.05) is 24.1 Å². The molecule has 1 aliphatic heterocycles. The maximum Gasteiger partial charge on any atom is 0.329 e. The third-order valence-electron chi connectivity index (χ3n) is 3.84. The predicted octanol–water partition coefficient (Wildman–Crippen LogP) is 1.49. The molecule has 0 fully saturated rings. The van der Waals surface area contributed by atoms with Gasteiger partial charge in [-0.1, -0.05) is 6.07 Å². The molecule has 1 aromatic rings. The molecule has 1 atom stereocenters. The van der Waals surface area contributed by atoms with Gasteiger partial charge in [0.05, 0.1) is 11.6 Å². The molecule has 0 aliphatic carbocycles. The molecule has 2 rings (SSSR count). The van der Waals surface area contributed by atoms with Crippen molar-refractivity contribution in [3.05, 3.63) is 34.9 Å². The van der Waals surface area contributed by atoms with Crippen molar-refractivity contribution in [3.8, 4) is 6.07 Å². The second-order valence-electron chi connectivity index (χ2n) is 6.93. The van der Waals surface area contributed by atoms with Crippen LogP contribution in [0.1, 0.15) is 55.1 Å². The van der Waals surface area contributed by atoms with Gasteiger partial charge in [-0.25, -0.2) is 4.79 Å². The average molecular weight is 343 g/mol. The number of amides is 2. The van der Waals surface area contributed by atoms with Crippen LogP contribution in [-0.2, 0) is 20.9 Å². The van der Waals surface area contributed by atoms with Gasteiger partial charge >= 0.3 is 5.97 Å². The molecule has 1 aliphatic rings. The van der Waals surface area contributed by atoms with Gasteiger partial charge in [-0.3, -0.25) is 9.59 Å². The van der Waals surface area contributed by atoms with Crippen molar-refractivity contribution in [2.45, 2.75) is 51.8 Å². The van der Waals surface area contributed by atoms with Crippen LogP contribution in [0.4, 0.5) is 0 Å². The highest BCUT2D eigenvalue weighted by molar-refractivity contribution is 6.01. The summed E-state index contributed by atoms with van der Waals surface area (Å²) in [5.41, 5.74) is 5.84. The number of hydrogen-bond donors (Lipinski definition) is 1. The zero-order valence-corrected chi connectivity index (χ0v) is 14.5. The van der Waals surface area contributed by atoms with Gasteiger partial charge in [0.2, 0.25) is 5.91 Å². The van der Waals surface area contributed by atoms with E-state index in [1.807, 2.05) is 0 Å². The number of esters is 1. The number of nitrogens with zero attached hydrogens (tertiary/aromatic N) is 2. The number of carbonyl (C=O) groups excluding carboxylic acids is 3. The summed E-state index contributed by atoms with van der Waals surface area (Å²) >= 11 is 0. The topological polar surface area (TPSA) is 113 Å². The minimum atomic E-state index is -0.932. The van der Waals surface area contributed by atoms with Crippen molar-refractivity contribution in [1.29, 1.82) is 5.26 Å². The molecule has 1 aromatic carbocycles. The van der Waals surface area contributed by atoms with Crippen LogP contribution in [-0.4, -0.2) is 34.3 Å². The lowest BCUT2D eigenvalue weighted by Gasteiger charge is -2.29. The van der Waals surface area contributed by atoms with Gasteiger partial charge in [0.25, 0.3) is 5.91 Å². The number of primary amides is 1. The van der Waals surface area contributed by atoms with Crippen LogP contribution in [0.15, 0.2) is 18.2 Å². The van der Waals surface area contributed by atoms with Crippen molar-refractivity contribution in [2.24, 2.45) is 5.73 Å². The Morgan fingerprint density at radius 1 is 1.40 bits per heavy atom. The first-order valence-electron chi connectivity index (χ1n) is 7.98. The molecule has 0 saturated heterocycles. The number of rotatable bonds is 5. The maximum absolute atomic E-state index is 12.7. The Hall–Kier alpha value is -2.88. The molecular weight excluding hydrogens is 322 g/mol. The molecule has 2 amide bonds. The van der Waals surface area contributed by atoms with E-state index < -0.39 is 23.5 Å². The molecule has 0 saturated carbocycles. The first-order valence-corrected chi connectivity index (χ1v) is 7.98. The maximum atomic E-state index is 12.7. The number of carbonyl (C=O) groups is 3. The molecule has 25 heavy (non-hydrogen) atoms. The summed E-state index contributed by atoms with van der Waals surface area (Å²) in [6.07, 6.45) is 0.0288. The van der Waals surface area contributed by atoms with E-state index in [1.165, 1.54) is 4.90 Å². The Bertz CT molecular complexity index is 759. The van der Waals surface area contributed by atoms with E-state index in [2.05, 4.69) is 6.07 Å². The van der Waals surface area contributed by atoms with E-state index in [9.17, 15) is 19.6 Å². The monoisotopic (exact) mass is 343 g/mol. The highest BCUT2D eigenvalue weighted by atomic mass is 16.6. The van der Waals surface area contributed by atoms with Crippen molar-refractivity contribution in [2.75, 3.05) is 0 Å². The normalized spacial score (nSPS) is 14.6. The molecular formula is C18H21N3O4. The standard InChI is InChI=1S/C18H21N3O4/c1-18(2,3)25-17(24)14(7-8-15(20)22)21-10-13-11(9-19)5-4-6-12(13)16(21)23/h4-6,14H,7-8,10H2,1-3H3,(H2,20,22). The second kappa shape index (κ2) is 6.93. The highest BCUT2D eigenvalue weighted by Gasteiger charge is 2.39. The Morgan fingerprint density at radius 2 is 2.08 bits per heavy atom. The zero-order chi connectivity index (χ0) is 18.8. The molecule has 1 heterocycles. The summed E-state index contributed by atoms with van der Waals surface area (Å²) in [5, 5.41) is 9.22. The predicted molar refractivity (Wildman–Crippen MR) is 89.1 cm³/mol. The molecule has 0 radical (unpaired) electrons. The number of ether oxygens (including phenoxy) is 1. The lowest BCUT2D eigenvalue weighted by Crippen LogP contribution is -2.45. The molecule has 2 N–H and O–H groups in total. The zero-order valence-electron chi connectivity index (χ0n) is 14.5. The fourth-order valence-corrected chi connectivity index (χ4v) is 2.76. The second-order valence-corrected chi connectivity index (χ2v) is 6.93. The van der Waals surface area contributed by atoms with E-state index in [4.69, 9.17) is 10.5 Å². The lowest BCUT2D eigenvalue weighted by atomic mass is 10.0. The SMILES string of the molecule is CC(C)(C)OC(=O)C(CCC(N)=O)N1Cc2c(C#N)cccc2C1=O. The first-order chi connectivity index (χ1) is 11.6. The fourth-order valence-electron chi connectivity index (χ4n) is 2.76. The van der Waals surface area contributed by atoms with E-state index >= 15 is 0 Å². The quantitative estimate of drug-likeness (QED) is 0.814. The van der Waals surface area contributed by atoms with Crippen LogP contribution in [0.5, 0.6) is 0 Å². The molecule has 132 valence electrons. The summed E-state index contributed by atoms with van der Waals surface area (Å²) < 4.78 is 5.40. The first kappa shape index (κ1) is 18.5. The molecule has 0 aromatic heterocycles. The number of fused-ring (bicyclic) bond motifs is 1. The van der Waals surface area contributed by atoms with Crippen LogP contribution in [0.3, 0.4) is 0 Å².